The minimum atomic E-state index is -1.13. The molecule has 1 saturated heterocycles. The highest BCUT2D eigenvalue weighted by molar-refractivity contribution is 9.10. The highest BCUT2D eigenvalue weighted by Crippen LogP contribution is 2.24. The van der Waals surface area contributed by atoms with Crippen LogP contribution in [0.4, 0.5) is 13.6 Å². The van der Waals surface area contributed by atoms with Gasteiger partial charge in [-0.25, -0.2) is 13.6 Å². The number of hydrogen-bond donors (Lipinski definition) is 0. The minimum absolute atomic E-state index is 0.218. The van der Waals surface area contributed by atoms with E-state index >= 15 is 0 Å². The smallest absolute Gasteiger partial charge is 0.410 e. The third-order valence-electron chi connectivity index (χ3n) is 4.36. The van der Waals surface area contributed by atoms with Gasteiger partial charge in [0, 0.05) is 31.2 Å². The van der Waals surface area contributed by atoms with Crippen LogP contribution in [0.15, 0.2) is 16.6 Å². The van der Waals surface area contributed by atoms with Gasteiger partial charge in [-0.1, -0.05) is 15.9 Å². The zero-order valence-electron chi connectivity index (χ0n) is 16.0. The number of halogens is 3. The van der Waals surface area contributed by atoms with Crippen molar-refractivity contribution < 1.29 is 23.1 Å². The van der Waals surface area contributed by atoms with E-state index in [9.17, 15) is 18.4 Å². The van der Waals surface area contributed by atoms with Gasteiger partial charge >= 0.3 is 6.09 Å². The minimum Gasteiger partial charge on any atom is -0.444 e. The molecule has 0 unspecified atom stereocenters. The van der Waals surface area contributed by atoms with E-state index in [1.54, 1.807) is 7.05 Å². The lowest BCUT2D eigenvalue weighted by Crippen LogP contribution is -2.43. The molecule has 5 nitrogen and oxygen atoms in total. The highest BCUT2D eigenvalue weighted by Gasteiger charge is 2.28. The van der Waals surface area contributed by atoms with Crippen molar-refractivity contribution in [3.63, 3.8) is 0 Å². The molecule has 150 valence electrons. The third-order valence-corrected chi connectivity index (χ3v) is 4.82. The molecule has 1 aliphatic rings. The summed E-state index contributed by atoms with van der Waals surface area (Å²) < 4.78 is 33.2. The third kappa shape index (κ3) is 5.89. The lowest BCUT2D eigenvalue weighted by atomic mass is 9.96. The zero-order valence-corrected chi connectivity index (χ0v) is 17.6. The Kier molecular flexibility index (Phi) is 6.83. The second-order valence-corrected chi connectivity index (χ2v) is 8.76. The zero-order chi connectivity index (χ0) is 20.4. The normalized spacial score (nSPS) is 15.6. The Hall–Kier alpha value is -1.70. The summed E-state index contributed by atoms with van der Waals surface area (Å²) in [5.41, 5.74) is -0.823. The summed E-state index contributed by atoms with van der Waals surface area (Å²) in [6.45, 7) is 6.82. The fourth-order valence-electron chi connectivity index (χ4n) is 3.00. The second kappa shape index (κ2) is 8.54. The first-order valence-corrected chi connectivity index (χ1v) is 9.65. The highest BCUT2D eigenvalue weighted by atomic mass is 79.9. The van der Waals surface area contributed by atoms with Gasteiger partial charge in [0.2, 0.25) is 0 Å². The van der Waals surface area contributed by atoms with Gasteiger partial charge in [-0.05, 0) is 51.7 Å². The van der Waals surface area contributed by atoms with E-state index in [-0.39, 0.29) is 17.6 Å². The number of hydrogen-bond acceptors (Lipinski definition) is 3. The molecule has 0 spiro atoms. The van der Waals surface area contributed by atoms with Crippen molar-refractivity contribution in [2.75, 3.05) is 26.7 Å². The van der Waals surface area contributed by atoms with Crippen molar-refractivity contribution >= 4 is 27.9 Å². The molecule has 0 radical (unpaired) electrons. The Morgan fingerprint density at radius 2 is 1.85 bits per heavy atom. The molecule has 0 aromatic heterocycles. The quantitative estimate of drug-likeness (QED) is 0.644. The van der Waals surface area contributed by atoms with Crippen LogP contribution in [0.5, 0.6) is 0 Å². The summed E-state index contributed by atoms with van der Waals surface area (Å²) in [6, 6.07) is 2.29. The van der Waals surface area contributed by atoms with Crippen LogP contribution in [0.1, 0.15) is 44.0 Å². The van der Waals surface area contributed by atoms with Gasteiger partial charge < -0.3 is 14.5 Å². The molecule has 0 aliphatic carbocycles. The first kappa shape index (κ1) is 21.6. The Balaban J connectivity index is 1.92. The number of carbonyl (C=O) groups is 2. The maximum absolute atomic E-state index is 14.0. The summed E-state index contributed by atoms with van der Waals surface area (Å²) in [4.78, 5) is 27.6. The summed E-state index contributed by atoms with van der Waals surface area (Å²) in [7, 11) is 1.69. The SMILES string of the molecule is CN(CC1CCN(C(=O)c2cc(Br)cc(F)c2F)CC1)C(=O)OC(C)(C)C. The summed E-state index contributed by atoms with van der Waals surface area (Å²) in [5, 5.41) is 0. The van der Waals surface area contributed by atoms with E-state index in [0.29, 0.717) is 36.9 Å². The van der Waals surface area contributed by atoms with Crippen LogP contribution in [-0.4, -0.2) is 54.1 Å². The molecule has 1 aromatic rings. The molecule has 0 N–H and O–H groups in total. The maximum Gasteiger partial charge on any atom is 0.410 e. The average Bonchev–Trinajstić information content (AvgIpc) is 2.56. The molecule has 1 aliphatic heterocycles. The molecular weight excluding hydrogens is 422 g/mol. The number of piperidine rings is 1. The Morgan fingerprint density at radius 1 is 1.26 bits per heavy atom. The molecule has 0 saturated carbocycles. The molecule has 8 heteroatoms. The molecule has 2 amide bonds. The lowest BCUT2D eigenvalue weighted by molar-refractivity contribution is 0.0245. The first-order valence-electron chi connectivity index (χ1n) is 8.86. The van der Waals surface area contributed by atoms with E-state index in [0.717, 1.165) is 6.07 Å². The molecule has 2 rings (SSSR count). The average molecular weight is 447 g/mol. The van der Waals surface area contributed by atoms with Crippen LogP contribution >= 0.6 is 15.9 Å². The molecule has 1 aromatic carbocycles. The Morgan fingerprint density at radius 3 is 2.41 bits per heavy atom. The summed E-state index contributed by atoms with van der Waals surface area (Å²) in [5.74, 6) is -2.49. The fourth-order valence-corrected chi connectivity index (χ4v) is 3.43. The molecular formula is C19H25BrF2N2O3. The molecule has 0 atom stereocenters. The topological polar surface area (TPSA) is 49.9 Å². The molecule has 0 bridgehead atoms. The van der Waals surface area contributed by atoms with Gasteiger partial charge in [-0.15, -0.1) is 0 Å². The molecule has 1 fully saturated rings. The van der Waals surface area contributed by atoms with E-state index < -0.39 is 23.1 Å². The summed E-state index contributed by atoms with van der Waals surface area (Å²) in [6.07, 6.45) is 0.973. The standard InChI is InChI=1S/C19H25BrF2N2O3/c1-19(2,3)27-18(26)23(4)11-12-5-7-24(8-6-12)17(25)14-9-13(20)10-15(21)16(14)22/h9-10,12H,5-8,11H2,1-4H3. The van der Waals surface area contributed by atoms with E-state index in [1.165, 1.54) is 15.9 Å². The van der Waals surface area contributed by atoms with Crippen molar-refractivity contribution in [3.8, 4) is 0 Å². The Labute approximate surface area is 166 Å². The van der Waals surface area contributed by atoms with Crippen molar-refractivity contribution in [3.05, 3.63) is 33.8 Å². The monoisotopic (exact) mass is 446 g/mol. The van der Waals surface area contributed by atoms with Crippen molar-refractivity contribution in [1.82, 2.24) is 9.80 Å². The van der Waals surface area contributed by atoms with E-state index in [1.807, 2.05) is 20.8 Å². The predicted molar refractivity (Wildman–Crippen MR) is 102 cm³/mol. The molecule has 27 heavy (non-hydrogen) atoms. The number of nitrogens with zero attached hydrogens (tertiary/aromatic N) is 2. The van der Waals surface area contributed by atoms with Gasteiger partial charge in [-0.2, -0.15) is 0 Å². The van der Waals surface area contributed by atoms with Gasteiger partial charge in [0.15, 0.2) is 11.6 Å². The van der Waals surface area contributed by atoms with Crippen LogP contribution in [0, 0.1) is 17.6 Å². The number of rotatable bonds is 3. The van der Waals surface area contributed by atoms with Crippen LogP contribution in [0.25, 0.3) is 0 Å². The number of amides is 2. The maximum atomic E-state index is 14.0. The number of likely N-dealkylation sites (tertiary alicyclic amines) is 1. The number of benzene rings is 1. The van der Waals surface area contributed by atoms with Crippen LogP contribution in [-0.2, 0) is 4.74 Å². The molecule has 1 heterocycles. The van der Waals surface area contributed by atoms with Crippen LogP contribution < -0.4 is 0 Å². The van der Waals surface area contributed by atoms with Crippen LogP contribution in [0.3, 0.4) is 0 Å². The van der Waals surface area contributed by atoms with Gasteiger partial charge in [0.25, 0.3) is 5.91 Å². The first-order chi connectivity index (χ1) is 12.5. The van der Waals surface area contributed by atoms with Crippen molar-refractivity contribution in [2.24, 2.45) is 5.92 Å². The van der Waals surface area contributed by atoms with Gasteiger partial charge in [-0.3, -0.25) is 4.79 Å². The van der Waals surface area contributed by atoms with Crippen molar-refractivity contribution in [2.45, 2.75) is 39.2 Å². The summed E-state index contributed by atoms with van der Waals surface area (Å²) >= 11 is 3.08. The lowest BCUT2D eigenvalue weighted by Gasteiger charge is -2.34. The van der Waals surface area contributed by atoms with E-state index in [2.05, 4.69) is 15.9 Å². The second-order valence-electron chi connectivity index (χ2n) is 7.85. The van der Waals surface area contributed by atoms with Crippen molar-refractivity contribution in [1.29, 1.82) is 0 Å². The predicted octanol–water partition coefficient (Wildman–Crippen LogP) is 4.45. The van der Waals surface area contributed by atoms with Gasteiger partial charge in [0.05, 0.1) is 5.56 Å². The number of ether oxygens (including phenoxy) is 1. The largest absolute Gasteiger partial charge is 0.444 e. The fraction of sp³-hybridized carbons (Fsp3) is 0.579. The number of carbonyl (C=O) groups excluding carboxylic acids is 2. The Bertz CT molecular complexity index is 714. The van der Waals surface area contributed by atoms with E-state index in [4.69, 9.17) is 4.74 Å². The van der Waals surface area contributed by atoms with Gasteiger partial charge in [0.1, 0.15) is 5.60 Å². The van der Waals surface area contributed by atoms with Crippen LogP contribution in [0.2, 0.25) is 0 Å².